The number of Topliss-reactive ketones (excluding diaryl/α,β-unsaturated/α-hetero) is 2. The van der Waals surface area contributed by atoms with E-state index in [-0.39, 0.29) is 116 Å². The molecule has 4 aromatic rings. The largest absolute Gasteiger partial charge is 0.487 e. The van der Waals surface area contributed by atoms with E-state index in [1.165, 1.54) is 0 Å². The van der Waals surface area contributed by atoms with Gasteiger partial charge in [-0.2, -0.15) is 0 Å². The molecule has 2 atom stereocenters. The van der Waals surface area contributed by atoms with Gasteiger partial charge < -0.3 is 85.3 Å². The van der Waals surface area contributed by atoms with Crippen LogP contribution in [0.1, 0.15) is 111 Å². The van der Waals surface area contributed by atoms with Crippen LogP contribution in [-0.4, -0.2) is 182 Å². The zero-order chi connectivity index (χ0) is 66.8. The summed E-state index contributed by atoms with van der Waals surface area (Å²) in [5, 5.41) is 0. The van der Waals surface area contributed by atoms with E-state index in [4.69, 9.17) is 85.3 Å². The van der Waals surface area contributed by atoms with Gasteiger partial charge in [-0.25, -0.2) is 9.59 Å². The zero-order valence-corrected chi connectivity index (χ0v) is 55.5. The standard InChI is InChI=1S/C72H98O22/c1-53(2)71(75)93-51-59-17-13-19-63-69(59)91-47-39-83-31-29-77-33-41-85-61-23-21-57(49-65(61)89-45-37-81-27-25-79-35-43-87-63)67(73)55(5)15-11-9-7-8-10-12-16-56(6)68(74)58-22-24-62-66(50-58)90-46-38-82-28-26-80-36-44-88-64-20-14-18-60(52-94-72(76)54(3)4)70(64)92-48-40-84-32-30-78-34-42-86-62/h13-14,17-24,49-50,55-56H,1,3,7-12,15-16,25-48,51-52H2,2,4-6H3. The van der Waals surface area contributed by atoms with Crippen molar-refractivity contribution < 1.29 is 104 Å². The van der Waals surface area contributed by atoms with Crippen molar-refractivity contribution in [2.24, 2.45) is 11.8 Å². The molecule has 0 bridgehead atoms. The van der Waals surface area contributed by atoms with Crippen LogP contribution in [0, 0.1) is 11.8 Å². The molecule has 22 heteroatoms. The molecule has 2 aliphatic heterocycles. The summed E-state index contributed by atoms with van der Waals surface area (Å²) in [6.07, 6.45) is 7.42. The fourth-order valence-corrected chi connectivity index (χ4v) is 9.62. The Morgan fingerprint density at radius 3 is 0.947 bits per heavy atom. The fourth-order valence-electron chi connectivity index (χ4n) is 9.62. The average Bonchev–Trinajstić information content (AvgIpc) is 1.13. The van der Waals surface area contributed by atoms with Gasteiger partial charge >= 0.3 is 11.9 Å². The number of hydrogen-bond donors (Lipinski definition) is 0. The highest BCUT2D eigenvalue weighted by molar-refractivity contribution is 5.99. The zero-order valence-electron chi connectivity index (χ0n) is 55.5. The Labute approximate surface area is 553 Å². The van der Waals surface area contributed by atoms with Crippen molar-refractivity contribution in [3.63, 3.8) is 0 Å². The Bertz CT molecular complexity index is 2720. The highest BCUT2D eigenvalue weighted by atomic mass is 16.6. The van der Waals surface area contributed by atoms with Crippen molar-refractivity contribution in [3.8, 4) is 46.0 Å². The molecule has 0 aromatic heterocycles. The second-order valence-electron chi connectivity index (χ2n) is 22.4. The van der Waals surface area contributed by atoms with Crippen molar-refractivity contribution in [1.82, 2.24) is 0 Å². The Morgan fingerprint density at radius 2 is 0.628 bits per heavy atom. The van der Waals surface area contributed by atoms with Crippen LogP contribution in [0.4, 0.5) is 0 Å². The molecule has 518 valence electrons. The van der Waals surface area contributed by atoms with Crippen LogP contribution >= 0.6 is 0 Å². The highest BCUT2D eigenvalue weighted by Gasteiger charge is 2.22. The number of ether oxygens (including phenoxy) is 18. The second-order valence-corrected chi connectivity index (χ2v) is 22.4. The van der Waals surface area contributed by atoms with E-state index < -0.39 is 11.9 Å². The Balaban J connectivity index is 0.880. The molecule has 94 heavy (non-hydrogen) atoms. The van der Waals surface area contributed by atoms with Crippen molar-refractivity contribution in [3.05, 3.63) is 119 Å². The first-order valence-electron chi connectivity index (χ1n) is 32.8. The van der Waals surface area contributed by atoms with Gasteiger partial charge in [-0.1, -0.05) is 89.8 Å². The number of carbonyl (C=O) groups excluding carboxylic acids is 4. The lowest BCUT2D eigenvalue weighted by atomic mass is 9.92. The van der Waals surface area contributed by atoms with Crippen LogP contribution in [0.25, 0.3) is 0 Å². The molecular weight excluding hydrogens is 1220 g/mol. The molecule has 22 nitrogen and oxygen atoms in total. The van der Waals surface area contributed by atoms with Crippen LogP contribution in [0.15, 0.2) is 97.1 Å². The van der Waals surface area contributed by atoms with Crippen LogP contribution in [-0.2, 0) is 70.2 Å². The van der Waals surface area contributed by atoms with Gasteiger partial charge in [0.2, 0.25) is 0 Å². The number of unbranched alkanes of at least 4 members (excludes halogenated alkanes) is 5. The maximum absolute atomic E-state index is 13.8. The molecule has 0 radical (unpaired) electrons. The first kappa shape index (κ1) is 75.7. The van der Waals surface area contributed by atoms with Gasteiger partial charge in [0, 0.05) is 45.2 Å². The summed E-state index contributed by atoms with van der Waals surface area (Å²) in [7, 11) is 0. The lowest BCUT2D eigenvalue weighted by Crippen LogP contribution is -2.16. The minimum Gasteiger partial charge on any atom is -0.487 e. The summed E-state index contributed by atoms with van der Waals surface area (Å²) < 4.78 is 106. The molecule has 0 fully saturated rings. The molecular formula is C72H98O22. The number of esters is 2. The summed E-state index contributed by atoms with van der Waals surface area (Å²) in [5.74, 6) is 2.44. The van der Waals surface area contributed by atoms with Crippen molar-refractivity contribution in [1.29, 1.82) is 0 Å². The van der Waals surface area contributed by atoms with Crippen molar-refractivity contribution in [2.75, 3.05) is 159 Å². The van der Waals surface area contributed by atoms with E-state index in [0.717, 1.165) is 51.4 Å². The van der Waals surface area contributed by atoms with E-state index >= 15 is 0 Å². The summed E-state index contributed by atoms with van der Waals surface area (Å²) in [6, 6.07) is 21.4. The van der Waals surface area contributed by atoms with Crippen molar-refractivity contribution in [2.45, 2.75) is 92.3 Å². The molecule has 0 spiro atoms. The number of benzene rings is 4. The lowest BCUT2D eigenvalue weighted by Gasteiger charge is -2.17. The number of hydrogen-bond acceptors (Lipinski definition) is 22. The SMILES string of the molecule is C=C(C)C(=O)OCc1cccc2c1OCCOCCOCCOc1ccc(C(=O)C(C)CCCCCCCCC(C)C(=O)c3ccc4c(c3)OCCOCCOCCOc3cccc(COC(=O)C(=C)C)c3OCCOCCOCCO4)cc1OCCOCCOCCO2. The molecule has 0 saturated heterocycles. The first-order chi connectivity index (χ1) is 45.9. The molecule has 4 aromatic carbocycles. The minimum absolute atomic E-state index is 0.0158. The van der Waals surface area contributed by atoms with Crippen molar-refractivity contribution >= 4 is 23.5 Å². The predicted octanol–water partition coefficient (Wildman–Crippen LogP) is 11.0. The van der Waals surface area contributed by atoms with Crippen LogP contribution in [0.2, 0.25) is 0 Å². The van der Waals surface area contributed by atoms with Gasteiger partial charge in [-0.3, -0.25) is 9.59 Å². The summed E-state index contributed by atoms with van der Waals surface area (Å²) in [4.78, 5) is 51.8. The maximum Gasteiger partial charge on any atom is 0.333 e. The second kappa shape index (κ2) is 45.2. The van der Waals surface area contributed by atoms with E-state index in [0.29, 0.717) is 159 Å². The summed E-state index contributed by atoms with van der Waals surface area (Å²) in [6.45, 7) is 21.2. The van der Waals surface area contributed by atoms with Crippen LogP contribution in [0.3, 0.4) is 0 Å². The number of para-hydroxylation sites is 2. The van der Waals surface area contributed by atoms with E-state index in [1.807, 2.05) is 13.8 Å². The number of carbonyl (C=O) groups is 4. The van der Waals surface area contributed by atoms with Gasteiger partial charge in [0.1, 0.15) is 66.1 Å². The Morgan fingerprint density at radius 1 is 0.351 bits per heavy atom. The minimum atomic E-state index is -0.501. The fraction of sp³-hybridized carbons (Fsp3) is 0.556. The normalized spacial score (nSPS) is 16.9. The Kier molecular flexibility index (Phi) is 36.4. The smallest absolute Gasteiger partial charge is 0.333 e. The van der Waals surface area contributed by atoms with E-state index in [9.17, 15) is 19.2 Å². The number of fused-ring (bicyclic) bond motifs is 4. The third-order valence-corrected chi connectivity index (χ3v) is 14.8. The van der Waals surface area contributed by atoms with Crippen LogP contribution < -0.4 is 37.9 Å². The van der Waals surface area contributed by atoms with E-state index in [1.54, 1.807) is 86.6 Å². The molecule has 2 heterocycles. The third kappa shape index (κ3) is 28.7. The highest BCUT2D eigenvalue weighted by Crippen LogP contribution is 2.35. The summed E-state index contributed by atoms with van der Waals surface area (Å²) >= 11 is 0. The quantitative estimate of drug-likeness (QED) is 0.0367. The predicted molar refractivity (Wildman–Crippen MR) is 349 cm³/mol. The molecule has 0 aliphatic carbocycles. The molecule has 0 N–H and O–H groups in total. The number of ketones is 2. The third-order valence-electron chi connectivity index (χ3n) is 14.8. The average molecular weight is 1320 g/mol. The van der Waals surface area contributed by atoms with Gasteiger partial charge in [-0.05, 0) is 75.2 Å². The van der Waals surface area contributed by atoms with Gasteiger partial charge in [0.15, 0.2) is 57.6 Å². The van der Waals surface area contributed by atoms with Gasteiger partial charge in [0.05, 0.1) is 106 Å². The number of rotatable bonds is 19. The monoisotopic (exact) mass is 1310 g/mol. The van der Waals surface area contributed by atoms with Gasteiger partial charge in [0.25, 0.3) is 0 Å². The first-order valence-corrected chi connectivity index (χ1v) is 32.8. The lowest BCUT2D eigenvalue weighted by molar-refractivity contribution is -0.141. The van der Waals surface area contributed by atoms with E-state index in [2.05, 4.69) is 13.2 Å². The Hall–Kier alpha value is -7.28. The molecule has 2 unspecified atom stereocenters. The maximum atomic E-state index is 13.8. The van der Waals surface area contributed by atoms with Gasteiger partial charge in [-0.15, -0.1) is 0 Å². The molecule has 0 saturated carbocycles. The topological polar surface area (TPSA) is 234 Å². The molecule has 0 amide bonds. The molecule has 6 rings (SSSR count). The summed E-state index contributed by atoms with van der Waals surface area (Å²) in [5.41, 5.74) is 2.97. The van der Waals surface area contributed by atoms with Crippen LogP contribution in [0.5, 0.6) is 46.0 Å². The molecule has 2 aliphatic rings.